The zero-order chi connectivity index (χ0) is 15.1. The molecule has 0 saturated heterocycles. The van der Waals surface area contributed by atoms with Gasteiger partial charge in [-0.3, -0.25) is 0 Å². The molecule has 5 atom stereocenters. The third-order valence-electron chi connectivity index (χ3n) is 5.38. The monoisotopic (exact) mass is 284 g/mol. The summed E-state index contributed by atoms with van der Waals surface area (Å²) in [5.74, 6) is 4.02. The van der Waals surface area contributed by atoms with Crippen LogP contribution in [-0.2, 0) is 0 Å². The summed E-state index contributed by atoms with van der Waals surface area (Å²) in [7, 11) is 0. The van der Waals surface area contributed by atoms with Crippen molar-refractivity contribution in [3.63, 3.8) is 0 Å². The summed E-state index contributed by atoms with van der Waals surface area (Å²) >= 11 is 0. The lowest BCUT2D eigenvalue weighted by Gasteiger charge is -2.32. The van der Waals surface area contributed by atoms with Crippen molar-refractivity contribution in [1.82, 2.24) is 0 Å². The Hall–Kier alpha value is -1.04. The fraction of sp³-hybridized carbons (Fsp3) is 0.619. The second-order valence-electron chi connectivity index (χ2n) is 7.22. The van der Waals surface area contributed by atoms with Gasteiger partial charge in [-0.15, -0.1) is 13.2 Å². The van der Waals surface area contributed by atoms with E-state index in [0.717, 1.165) is 29.6 Å². The predicted octanol–water partition coefficient (Wildman–Crippen LogP) is 6.33. The molecule has 0 bridgehead atoms. The molecule has 0 amide bonds. The van der Waals surface area contributed by atoms with Crippen molar-refractivity contribution >= 4 is 0 Å². The number of allylic oxidation sites excluding steroid dienone is 6. The van der Waals surface area contributed by atoms with E-state index in [9.17, 15) is 0 Å². The van der Waals surface area contributed by atoms with E-state index in [0.29, 0.717) is 0 Å². The first-order chi connectivity index (χ1) is 10.2. The average molecular weight is 284 g/mol. The van der Waals surface area contributed by atoms with Crippen molar-refractivity contribution in [3.8, 4) is 0 Å². The van der Waals surface area contributed by atoms with Crippen LogP contribution in [0, 0.1) is 29.6 Å². The van der Waals surface area contributed by atoms with Crippen molar-refractivity contribution in [2.24, 2.45) is 29.6 Å². The number of rotatable bonds is 7. The lowest BCUT2D eigenvalue weighted by atomic mass is 9.73. The van der Waals surface area contributed by atoms with E-state index in [1.54, 1.807) is 0 Å². The first kappa shape index (κ1) is 16.3. The quantitative estimate of drug-likeness (QED) is 0.479. The molecular weight excluding hydrogens is 252 g/mol. The topological polar surface area (TPSA) is 0 Å². The minimum Gasteiger partial charge on any atom is -0.103 e. The molecular formula is C21H32. The van der Waals surface area contributed by atoms with Crippen LogP contribution < -0.4 is 0 Å². The summed E-state index contributed by atoms with van der Waals surface area (Å²) in [6.07, 6.45) is 22.9. The van der Waals surface area contributed by atoms with E-state index in [1.165, 1.54) is 44.9 Å². The summed E-state index contributed by atoms with van der Waals surface area (Å²) < 4.78 is 0. The first-order valence-electron chi connectivity index (χ1n) is 8.78. The zero-order valence-corrected chi connectivity index (χ0v) is 13.7. The van der Waals surface area contributed by atoms with E-state index in [4.69, 9.17) is 0 Å². The number of hydrogen-bond donors (Lipinski definition) is 0. The second kappa shape index (κ2) is 8.41. The highest BCUT2D eigenvalue weighted by Crippen LogP contribution is 2.37. The molecule has 0 radical (unpaired) electrons. The van der Waals surface area contributed by atoms with E-state index in [-0.39, 0.29) is 0 Å². The van der Waals surface area contributed by atoms with E-state index in [1.807, 2.05) is 0 Å². The van der Waals surface area contributed by atoms with Crippen LogP contribution in [0.15, 0.2) is 49.6 Å². The zero-order valence-electron chi connectivity index (χ0n) is 13.7. The van der Waals surface area contributed by atoms with Crippen LogP contribution in [0.25, 0.3) is 0 Å². The van der Waals surface area contributed by atoms with Crippen LogP contribution in [0.5, 0.6) is 0 Å². The van der Waals surface area contributed by atoms with Crippen molar-refractivity contribution in [2.45, 2.75) is 51.9 Å². The fourth-order valence-corrected chi connectivity index (χ4v) is 4.18. The molecule has 0 heterocycles. The van der Waals surface area contributed by atoms with Gasteiger partial charge in [0.05, 0.1) is 0 Å². The summed E-state index contributed by atoms with van der Waals surface area (Å²) in [5.41, 5.74) is 0. The van der Waals surface area contributed by atoms with Crippen LogP contribution in [0.2, 0.25) is 0 Å². The van der Waals surface area contributed by atoms with Gasteiger partial charge >= 0.3 is 0 Å². The lowest BCUT2D eigenvalue weighted by molar-refractivity contribution is 0.265. The van der Waals surface area contributed by atoms with Crippen molar-refractivity contribution < 1.29 is 0 Å². The van der Waals surface area contributed by atoms with Gasteiger partial charge < -0.3 is 0 Å². The van der Waals surface area contributed by atoms with Crippen molar-refractivity contribution in [2.75, 3.05) is 0 Å². The van der Waals surface area contributed by atoms with Gasteiger partial charge in [-0.25, -0.2) is 0 Å². The van der Waals surface area contributed by atoms with Crippen LogP contribution in [0.1, 0.15) is 51.9 Å². The Kier molecular flexibility index (Phi) is 6.54. The van der Waals surface area contributed by atoms with Gasteiger partial charge in [0, 0.05) is 0 Å². The molecule has 21 heavy (non-hydrogen) atoms. The first-order valence-corrected chi connectivity index (χ1v) is 8.78. The highest BCUT2D eigenvalue weighted by Gasteiger charge is 2.25. The molecule has 0 saturated carbocycles. The SMILES string of the molecule is C=CCC1CC=CC(CC(C)C2C=CCC(CC=C)C2)C1. The van der Waals surface area contributed by atoms with Gasteiger partial charge in [0.1, 0.15) is 0 Å². The van der Waals surface area contributed by atoms with Gasteiger partial charge in [0.25, 0.3) is 0 Å². The minimum atomic E-state index is 0.775. The Morgan fingerprint density at radius 2 is 1.62 bits per heavy atom. The molecule has 0 N–H and O–H groups in total. The summed E-state index contributed by atoms with van der Waals surface area (Å²) in [5, 5.41) is 0. The molecule has 0 nitrogen and oxygen atoms in total. The maximum Gasteiger partial charge on any atom is -0.0205 e. The van der Waals surface area contributed by atoms with E-state index in [2.05, 4.69) is 56.5 Å². The molecule has 2 aliphatic rings. The predicted molar refractivity (Wildman–Crippen MR) is 94.1 cm³/mol. The fourth-order valence-electron chi connectivity index (χ4n) is 4.18. The molecule has 0 aliphatic heterocycles. The minimum absolute atomic E-state index is 0.775. The largest absolute Gasteiger partial charge is 0.103 e. The molecule has 5 unspecified atom stereocenters. The highest BCUT2D eigenvalue weighted by atomic mass is 14.3. The van der Waals surface area contributed by atoms with Gasteiger partial charge in [-0.2, -0.15) is 0 Å². The Balaban J connectivity index is 1.84. The highest BCUT2D eigenvalue weighted by molar-refractivity contribution is 5.02. The molecule has 0 aromatic carbocycles. The maximum atomic E-state index is 3.90. The number of hydrogen-bond acceptors (Lipinski definition) is 0. The summed E-state index contributed by atoms with van der Waals surface area (Å²) in [6.45, 7) is 10.3. The molecule has 0 spiro atoms. The molecule has 2 aliphatic carbocycles. The molecule has 0 fully saturated rings. The van der Waals surface area contributed by atoms with Crippen LogP contribution in [0.4, 0.5) is 0 Å². The second-order valence-corrected chi connectivity index (χ2v) is 7.22. The smallest absolute Gasteiger partial charge is 0.0205 e. The summed E-state index contributed by atoms with van der Waals surface area (Å²) in [4.78, 5) is 0. The summed E-state index contributed by atoms with van der Waals surface area (Å²) in [6, 6.07) is 0. The third kappa shape index (κ3) is 5.02. The van der Waals surface area contributed by atoms with Crippen LogP contribution in [0.3, 0.4) is 0 Å². The van der Waals surface area contributed by atoms with Gasteiger partial charge in [-0.1, -0.05) is 43.4 Å². The van der Waals surface area contributed by atoms with Crippen LogP contribution in [-0.4, -0.2) is 0 Å². The Bertz CT molecular complexity index is 387. The van der Waals surface area contributed by atoms with Crippen molar-refractivity contribution in [3.05, 3.63) is 49.6 Å². The molecule has 0 aromatic rings. The van der Waals surface area contributed by atoms with E-state index >= 15 is 0 Å². The Morgan fingerprint density at radius 3 is 2.29 bits per heavy atom. The van der Waals surface area contributed by atoms with Crippen molar-refractivity contribution in [1.29, 1.82) is 0 Å². The average Bonchev–Trinajstić information content (AvgIpc) is 2.48. The normalized spacial score (nSPS) is 33.6. The van der Waals surface area contributed by atoms with Gasteiger partial charge in [-0.05, 0) is 74.5 Å². The third-order valence-corrected chi connectivity index (χ3v) is 5.38. The molecule has 2 rings (SSSR count). The molecule has 0 aromatic heterocycles. The Labute approximate surface area is 131 Å². The maximum absolute atomic E-state index is 3.90. The molecule has 0 heteroatoms. The molecule has 116 valence electrons. The van der Waals surface area contributed by atoms with Crippen LogP contribution >= 0.6 is 0 Å². The van der Waals surface area contributed by atoms with Gasteiger partial charge in [0.2, 0.25) is 0 Å². The van der Waals surface area contributed by atoms with E-state index < -0.39 is 0 Å². The van der Waals surface area contributed by atoms with Gasteiger partial charge in [0.15, 0.2) is 0 Å². The standard InChI is InChI=1S/C21H32/c1-4-8-18-10-6-12-20(15-18)14-17(3)21-13-7-11-19(16-21)9-5-2/h4-7,12-13,17-21H,1-2,8-11,14-16H2,3H3. The Morgan fingerprint density at radius 1 is 1.00 bits per heavy atom. The lowest BCUT2D eigenvalue weighted by Crippen LogP contribution is -2.21.